The van der Waals surface area contributed by atoms with E-state index in [0.29, 0.717) is 18.2 Å². The minimum Gasteiger partial charge on any atom is -0.484 e. The van der Waals surface area contributed by atoms with Gasteiger partial charge >= 0.3 is 7.12 Å². The monoisotopic (exact) mass is 383 g/mol. The molecule has 0 saturated carbocycles. The fraction of sp³-hybridized carbons (Fsp3) is 0.500. The van der Waals surface area contributed by atoms with Crippen LogP contribution in [0.1, 0.15) is 41.5 Å². The first-order valence-corrected chi connectivity index (χ1v) is 9.86. The first kappa shape index (κ1) is 20.7. The Morgan fingerprint density at radius 2 is 1.68 bits per heavy atom. The van der Waals surface area contributed by atoms with Crippen molar-refractivity contribution < 1.29 is 18.8 Å². The zero-order valence-electron chi connectivity index (χ0n) is 17.7. The van der Waals surface area contributed by atoms with E-state index in [2.05, 4.69) is 31.3 Å². The summed E-state index contributed by atoms with van der Waals surface area (Å²) in [7, 11) is -0.402. The zero-order valence-corrected chi connectivity index (χ0v) is 17.7. The summed E-state index contributed by atoms with van der Waals surface area (Å²) in [6.45, 7) is 13.0. The van der Waals surface area contributed by atoms with Crippen molar-refractivity contribution in [2.24, 2.45) is 5.92 Å². The fourth-order valence-corrected chi connectivity index (χ4v) is 2.98. The first-order valence-electron chi connectivity index (χ1n) is 9.86. The Hall–Kier alpha value is -2.05. The van der Waals surface area contributed by atoms with Crippen LogP contribution in [0.5, 0.6) is 5.75 Å². The minimum atomic E-state index is -0.402. The van der Waals surface area contributed by atoms with Gasteiger partial charge < -0.3 is 19.4 Å². The molecule has 2 aromatic rings. The highest BCUT2D eigenvalue weighted by atomic mass is 16.7. The summed E-state index contributed by atoms with van der Waals surface area (Å²) in [5.74, 6) is 0.969. The van der Waals surface area contributed by atoms with Crippen molar-refractivity contribution >= 4 is 29.3 Å². The van der Waals surface area contributed by atoms with E-state index in [0.717, 1.165) is 16.2 Å². The van der Waals surface area contributed by atoms with Crippen LogP contribution in [-0.4, -0.2) is 37.4 Å². The maximum Gasteiger partial charge on any atom is 0.494 e. The van der Waals surface area contributed by atoms with Gasteiger partial charge in [0.25, 0.3) is 5.91 Å². The lowest BCUT2D eigenvalue weighted by Crippen LogP contribution is -2.41. The molecule has 3 rings (SSSR count). The molecule has 1 N–H and O–H groups in total. The highest BCUT2D eigenvalue weighted by molar-refractivity contribution is 6.62. The second-order valence-electron chi connectivity index (χ2n) is 8.84. The summed E-state index contributed by atoms with van der Waals surface area (Å²) in [6, 6.07) is 12.0. The average Bonchev–Trinajstić information content (AvgIpc) is 2.85. The van der Waals surface area contributed by atoms with Crippen LogP contribution >= 0.6 is 0 Å². The minimum absolute atomic E-state index is 0.00907. The van der Waals surface area contributed by atoms with E-state index in [9.17, 15) is 4.79 Å². The van der Waals surface area contributed by atoms with Gasteiger partial charge in [-0.25, -0.2) is 0 Å². The van der Waals surface area contributed by atoms with Crippen molar-refractivity contribution in [3.05, 3.63) is 36.4 Å². The van der Waals surface area contributed by atoms with E-state index >= 15 is 0 Å². The Labute approximate surface area is 167 Å². The number of hydrogen-bond acceptors (Lipinski definition) is 4. The van der Waals surface area contributed by atoms with E-state index < -0.39 is 7.12 Å². The number of rotatable bonds is 6. The van der Waals surface area contributed by atoms with Gasteiger partial charge in [-0.3, -0.25) is 4.79 Å². The number of ether oxygens (including phenoxy) is 1. The summed E-state index contributed by atoms with van der Waals surface area (Å²) in [6.07, 6.45) is 0. The van der Waals surface area contributed by atoms with Crippen LogP contribution in [0.3, 0.4) is 0 Å². The van der Waals surface area contributed by atoms with Crippen LogP contribution in [0, 0.1) is 5.92 Å². The Morgan fingerprint density at radius 3 is 2.32 bits per heavy atom. The molecule has 1 saturated heterocycles. The van der Waals surface area contributed by atoms with Gasteiger partial charge in [0, 0.05) is 6.54 Å². The van der Waals surface area contributed by atoms with E-state index in [1.807, 2.05) is 52.0 Å². The second kappa shape index (κ2) is 7.76. The number of benzene rings is 2. The van der Waals surface area contributed by atoms with E-state index in [1.54, 1.807) is 0 Å². The van der Waals surface area contributed by atoms with Crippen LogP contribution in [0.2, 0.25) is 0 Å². The molecule has 6 heteroatoms. The summed E-state index contributed by atoms with van der Waals surface area (Å²) >= 11 is 0. The third-order valence-corrected chi connectivity index (χ3v) is 5.44. The molecule has 1 aliphatic heterocycles. The molecule has 0 aromatic heterocycles. The van der Waals surface area contributed by atoms with E-state index in [4.69, 9.17) is 14.0 Å². The lowest BCUT2D eigenvalue weighted by atomic mass is 9.78. The molecule has 2 aromatic carbocycles. The van der Waals surface area contributed by atoms with Crippen molar-refractivity contribution in [2.45, 2.75) is 52.7 Å². The van der Waals surface area contributed by atoms with Gasteiger partial charge in [0.1, 0.15) is 5.75 Å². The molecule has 1 fully saturated rings. The summed E-state index contributed by atoms with van der Waals surface area (Å²) in [5.41, 5.74) is 0.222. The molecule has 0 radical (unpaired) electrons. The van der Waals surface area contributed by atoms with E-state index in [-0.39, 0.29) is 23.7 Å². The van der Waals surface area contributed by atoms with Gasteiger partial charge in [-0.2, -0.15) is 0 Å². The normalized spacial score (nSPS) is 17.9. The molecule has 1 aliphatic rings. The Kier molecular flexibility index (Phi) is 5.73. The topological polar surface area (TPSA) is 56.8 Å². The molecular formula is C22H30BNO4. The summed E-state index contributed by atoms with van der Waals surface area (Å²) in [5, 5.41) is 4.97. The standard InChI is InChI=1S/C22H30BNO4/c1-15(2)13-24-20(25)14-26-19-10-8-16-7-9-18(11-17(16)12-19)23-27-21(3,4)22(5,6)28-23/h7-12,15H,13-14H2,1-6H3,(H,24,25). The Bertz CT molecular complexity index is 847. The number of amides is 1. The number of carbonyl (C=O) groups excluding carboxylic acids is 1. The molecule has 0 aliphatic carbocycles. The summed E-state index contributed by atoms with van der Waals surface area (Å²) < 4.78 is 18.0. The predicted molar refractivity (Wildman–Crippen MR) is 113 cm³/mol. The van der Waals surface area contributed by atoms with Crippen LogP contribution in [0.4, 0.5) is 0 Å². The molecule has 28 heavy (non-hydrogen) atoms. The van der Waals surface area contributed by atoms with Crippen molar-refractivity contribution in [1.29, 1.82) is 0 Å². The highest BCUT2D eigenvalue weighted by Gasteiger charge is 2.51. The largest absolute Gasteiger partial charge is 0.494 e. The molecule has 0 bridgehead atoms. The maximum atomic E-state index is 11.9. The average molecular weight is 383 g/mol. The fourth-order valence-electron chi connectivity index (χ4n) is 2.98. The zero-order chi connectivity index (χ0) is 20.5. The van der Waals surface area contributed by atoms with Gasteiger partial charge in [0.05, 0.1) is 11.2 Å². The van der Waals surface area contributed by atoms with Crippen molar-refractivity contribution in [1.82, 2.24) is 5.32 Å². The lowest BCUT2D eigenvalue weighted by molar-refractivity contribution is -0.123. The van der Waals surface area contributed by atoms with Crippen LogP contribution in [0.25, 0.3) is 10.8 Å². The Balaban J connectivity index is 1.72. The summed E-state index contributed by atoms with van der Waals surface area (Å²) in [4.78, 5) is 11.9. The third kappa shape index (κ3) is 4.50. The van der Waals surface area contributed by atoms with Crippen molar-refractivity contribution in [3.63, 3.8) is 0 Å². The molecule has 5 nitrogen and oxygen atoms in total. The second-order valence-corrected chi connectivity index (χ2v) is 8.84. The third-order valence-electron chi connectivity index (χ3n) is 5.44. The van der Waals surface area contributed by atoms with Crippen LogP contribution < -0.4 is 15.5 Å². The molecule has 150 valence electrons. The number of hydrogen-bond donors (Lipinski definition) is 1. The smallest absolute Gasteiger partial charge is 0.484 e. The molecular weight excluding hydrogens is 353 g/mol. The van der Waals surface area contributed by atoms with Gasteiger partial charge in [-0.15, -0.1) is 0 Å². The van der Waals surface area contributed by atoms with Crippen molar-refractivity contribution in [2.75, 3.05) is 13.2 Å². The van der Waals surface area contributed by atoms with Crippen LogP contribution in [0.15, 0.2) is 36.4 Å². The maximum absolute atomic E-state index is 11.9. The number of nitrogens with one attached hydrogen (secondary N) is 1. The van der Waals surface area contributed by atoms with Crippen molar-refractivity contribution in [3.8, 4) is 5.75 Å². The predicted octanol–water partition coefficient (Wildman–Crippen LogP) is 3.29. The van der Waals surface area contributed by atoms with Crippen LogP contribution in [-0.2, 0) is 14.1 Å². The molecule has 1 amide bonds. The number of carbonyl (C=O) groups is 1. The van der Waals surface area contributed by atoms with Gasteiger partial charge in [-0.1, -0.05) is 38.1 Å². The molecule has 0 unspecified atom stereocenters. The van der Waals surface area contributed by atoms with Gasteiger partial charge in [0.2, 0.25) is 0 Å². The van der Waals surface area contributed by atoms with E-state index in [1.165, 1.54) is 0 Å². The van der Waals surface area contributed by atoms with Gasteiger partial charge in [-0.05, 0) is 62.0 Å². The molecule has 1 heterocycles. The highest BCUT2D eigenvalue weighted by Crippen LogP contribution is 2.36. The first-order chi connectivity index (χ1) is 13.1. The Morgan fingerprint density at radius 1 is 1.04 bits per heavy atom. The van der Waals surface area contributed by atoms with Gasteiger partial charge in [0.15, 0.2) is 6.61 Å². The molecule has 0 spiro atoms. The lowest BCUT2D eigenvalue weighted by Gasteiger charge is -2.32. The number of fused-ring (bicyclic) bond motifs is 1. The molecule has 0 atom stereocenters. The SMILES string of the molecule is CC(C)CNC(=O)COc1ccc2ccc(B3OC(C)(C)C(C)(C)O3)cc2c1. The quantitative estimate of drug-likeness (QED) is 0.778.